The van der Waals surface area contributed by atoms with Crippen LogP contribution in [0.25, 0.3) is 0 Å². The Hall–Kier alpha value is -3.30. The third-order valence-corrected chi connectivity index (χ3v) is 8.43. The van der Waals surface area contributed by atoms with Gasteiger partial charge in [-0.2, -0.15) is 0 Å². The van der Waals surface area contributed by atoms with Crippen LogP contribution in [0.5, 0.6) is 5.75 Å². The summed E-state index contributed by atoms with van der Waals surface area (Å²) in [6.07, 6.45) is 0.873. The third-order valence-electron chi connectivity index (χ3n) is 7.51. The highest BCUT2D eigenvalue weighted by atomic mass is 32.2. The fourth-order valence-electron chi connectivity index (χ4n) is 4.94. The number of amides is 1. The molecule has 2 aliphatic rings. The normalized spacial score (nSPS) is 16.4. The van der Waals surface area contributed by atoms with Gasteiger partial charge in [0.1, 0.15) is 11.6 Å². The lowest BCUT2D eigenvalue weighted by molar-refractivity contribution is 0.0664. The van der Waals surface area contributed by atoms with Gasteiger partial charge in [-0.15, -0.1) is 0 Å². The molecule has 2 saturated heterocycles. The number of ether oxygens (including phenoxy) is 1. The van der Waals surface area contributed by atoms with Crippen molar-refractivity contribution >= 4 is 29.2 Å². The summed E-state index contributed by atoms with van der Waals surface area (Å²) in [5.74, 6) is 2.77. The number of likely N-dealkylation sites (N-methyl/N-ethyl adjacent to an activating group) is 1. The highest BCUT2D eigenvalue weighted by molar-refractivity contribution is 7.98. The van der Waals surface area contributed by atoms with Crippen LogP contribution in [-0.4, -0.2) is 92.2 Å². The number of aromatic nitrogens is 2. The summed E-state index contributed by atoms with van der Waals surface area (Å²) in [6, 6.07) is 18.4. The molecule has 2 aromatic carbocycles. The van der Waals surface area contributed by atoms with Crippen molar-refractivity contribution in [2.45, 2.75) is 24.3 Å². The van der Waals surface area contributed by atoms with Gasteiger partial charge in [0.25, 0.3) is 5.91 Å². The SMILES string of the molecule is CCc1cc(N2CCN(c3ccc(OC)cc3)CC2)nc(SCc2ccc(C(=O)N3CCN(C)CC3)cc2)n1. The molecule has 0 N–H and O–H groups in total. The molecule has 0 atom stereocenters. The highest BCUT2D eigenvalue weighted by Gasteiger charge is 2.21. The molecular formula is C30H38N6O2S. The summed E-state index contributed by atoms with van der Waals surface area (Å²) in [4.78, 5) is 31.6. The minimum Gasteiger partial charge on any atom is -0.497 e. The number of rotatable bonds is 8. The van der Waals surface area contributed by atoms with E-state index in [9.17, 15) is 4.79 Å². The molecule has 2 fully saturated rings. The lowest BCUT2D eigenvalue weighted by Crippen LogP contribution is -2.47. The standard InChI is InChI=1S/C30H38N6O2S/c1-4-25-21-28(35-19-17-34(18-20-35)26-9-11-27(38-3)12-10-26)32-30(31-25)39-22-23-5-7-24(8-6-23)29(37)36-15-13-33(2)14-16-36/h5-12,21H,4,13-20,22H2,1-3H3. The number of hydrogen-bond donors (Lipinski definition) is 0. The Morgan fingerprint density at radius 1 is 0.872 bits per heavy atom. The van der Waals surface area contributed by atoms with Crippen molar-refractivity contribution in [2.75, 3.05) is 76.3 Å². The van der Waals surface area contributed by atoms with Gasteiger partial charge in [-0.25, -0.2) is 9.97 Å². The fraction of sp³-hybridized carbons (Fsp3) is 0.433. The quantitative estimate of drug-likeness (QED) is 0.310. The van der Waals surface area contributed by atoms with Crippen molar-refractivity contribution in [1.29, 1.82) is 0 Å². The maximum absolute atomic E-state index is 12.9. The van der Waals surface area contributed by atoms with E-state index < -0.39 is 0 Å². The van der Waals surface area contributed by atoms with E-state index >= 15 is 0 Å². The van der Waals surface area contributed by atoms with Gasteiger partial charge in [0, 0.05) is 81.1 Å². The first-order chi connectivity index (χ1) is 19.0. The van der Waals surface area contributed by atoms with E-state index in [0.29, 0.717) is 0 Å². The molecule has 0 bridgehead atoms. The van der Waals surface area contributed by atoms with Gasteiger partial charge in [-0.1, -0.05) is 30.8 Å². The van der Waals surface area contributed by atoms with Gasteiger partial charge in [-0.05, 0) is 55.4 Å². The minimum atomic E-state index is 0.123. The average molecular weight is 547 g/mol. The summed E-state index contributed by atoms with van der Waals surface area (Å²) in [6.45, 7) is 9.29. The molecule has 0 radical (unpaired) electrons. The number of anilines is 2. The zero-order valence-corrected chi connectivity index (χ0v) is 24.0. The van der Waals surface area contributed by atoms with Crippen molar-refractivity contribution in [1.82, 2.24) is 19.8 Å². The van der Waals surface area contributed by atoms with E-state index in [-0.39, 0.29) is 5.91 Å². The van der Waals surface area contributed by atoms with Gasteiger partial charge in [0.15, 0.2) is 5.16 Å². The van der Waals surface area contributed by atoms with Gasteiger partial charge in [0.2, 0.25) is 0 Å². The number of nitrogens with zero attached hydrogens (tertiary/aromatic N) is 6. The van der Waals surface area contributed by atoms with Gasteiger partial charge in [-0.3, -0.25) is 4.79 Å². The zero-order valence-electron chi connectivity index (χ0n) is 23.2. The number of methoxy groups -OCH3 is 1. The molecule has 0 unspecified atom stereocenters. The first-order valence-electron chi connectivity index (χ1n) is 13.7. The van der Waals surface area contributed by atoms with Crippen molar-refractivity contribution in [3.63, 3.8) is 0 Å². The summed E-state index contributed by atoms with van der Waals surface area (Å²) in [5.41, 5.74) is 4.21. The number of piperazine rings is 2. The molecule has 39 heavy (non-hydrogen) atoms. The lowest BCUT2D eigenvalue weighted by Gasteiger charge is -2.37. The Kier molecular flexibility index (Phi) is 8.88. The Morgan fingerprint density at radius 3 is 2.18 bits per heavy atom. The van der Waals surface area contributed by atoms with E-state index in [1.54, 1.807) is 18.9 Å². The molecule has 9 heteroatoms. The predicted octanol–water partition coefficient (Wildman–Crippen LogP) is 4.05. The van der Waals surface area contributed by atoms with Gasteiger partial charge >= 0.3 is 0 Å². The fourth-order valence-corrected chi connectivity index (χ4v) is 5.77. The third kappa shape index (κ3) is 6.83. The molecule has 5 rings (SSSR count). The smallest absolute Gasteiger partial charge is 0.253 e. The average Bonchev–Trinajstić information content (AvgIpc) is 3.00. The number of hydrogen-bond acceptors (Lipinski definition) is 8. The molecule has 3 heterocycles. The van der Waals surface area contributed by atoms with Gasteiger partial charge in [0.05, 0.1) is 7.11 Å². The van der Waals surface area contributed by atoms with Crippen molar-refractivity contribution in [2.24, 2.45) is 0 Å². The van der Waals surface area contributed by atoms with E-state index in [0.717, 1.165) is 98.1 Å². The van der Waals surface area contributed by atoms with Crippen LogP contribution in [0.3, 0.4) is 0 Å². The maximum Gasteiger partial charge on any atom is 0.253 e. The maximum atomic E-state index is 12.9. The first-order valence-corrected chi connectivity index (χ1v) is 14.7. The van der Waals surface area contributed by atoms with Crippen LogP contribution in [0.4, 0.5) is 11.5 Å². The Labute approximate surface area is 236 Å². The summed E-state index contributed by atoms with van der Waals surface area (Å²) < 4.78 is 5.29. The van der Waals surface area contributed by atoms with Crippen LogP contribution in [0.2, 0.25) is 0 Å². The number of carbonyl (C=O) groups excluding carboxylic acids is 1. The number of thioether (sulfide) groups is 1. The monoisotopic (exact) mass is 546 g/mol. The number of carbonyl (C=O) groups is 1. The van der Waals surface area contributed by atoms with E-state index in [1.165, 1.54) is 5.69 Å². The molecule has 0 saturated carbocycles. The van der Waals surface area contributed by atoms with Gasteiger partial charge < -0.3 is 24.3 Å². The van der Waals surface area contributed by atoms with Crippen LogP contribution in [-0.2, 0) is 12.2 Å². The molecule has 2 aliphatic heterocycles. The summed E-state index contributed by atoms with van der Waals surface area (Å²) in [5, 5.41) is 0.805. The second-order valence-corrected chi connectivity index (χ2v) is 11.0. The zero-order chi connectivity index (χ0) is 27.2. The molecule has 206 valence electrons. The second-order valence-electron chi connectivity index (χ2n) is 10.1. The van der Waals surface area contributed by atoms with Crippen LogP contribution < -0.4 is 14.5 Å². The number of benzene rings is 2. The molecule has 3 aromatic rings. The van der Waals surface area contributed by atoms with E-state index in [2.05, 4.69) is 59.0 Å². The molecular weight excluding hydrogens is 508 g/mol. The summed E-state index contributed by atoms with van der Waals surface area (Å²) in [7, 11) is 3.79. The van der Waals surface area contributed by atoms with Crippen molar-refractivity contribution < 1.29 is 9.53 Å². The largest absolute Gasteiger partial charge is 0.497 e. The summed E-state index contributed by atoms with van der Waals surface area (Å²) >= 11 is 1.65. The Morgan fingerprint density at radius 2 is 1.54 bits per heavy atom. The second kappa shape index (κ2) is 12.7. The van der Waals surface area contributed by atoms with E-state index in [4.69, 9.17) is 14.7 Å². The van der Waals surface area contributed by atoms with E-state index in [1.807, 2.05) is 29.2 Å². The van der Waals surface area contributed by atoms with Crippen LogP contribution in [0.15, 0.2) is 59.8 Å². The Bertz CT molecular complexity index is 1240. The predicted molar refractivity (Wildman–Crippen MR) is 158 cm³/mol. The van der Waals surface area contributed by atoms with Crippen molar-refractivity contribution in [3.8, 4) is 5.75 Å². The first kappa shape index (κ1) is 27.3. The molecule has 8 nitrogen and oxygen atoms in total. The van der Waals surface area contributed by atoms with Crippen LogP contribution in [0, 0.1) is 0 Å². The topological polar surface area (TPSA) is 65.0 Å². The minimum absolute atomic E-state index is 0.123. The van der Waals surface area contributed by atoms with Crippen LogP contribution in [0.1, 0.15) is 28.5 Å². The molecule has 1 aromatic heterocycles. The molecule has 0 spiro atoms. The highest BCUT2D eigenvalue weighted by Crippen LogP contribution is 2.26. The van der Waals surface area contributed by atoms with Crippen molar-refractivity contribution in [3.05, 3.63) is 71.4 Å². The lowest BCUT2D eigenvalue weighted by atomic mass is 10.1. The number of aryl methyl sites for hydroxylation is 1. The Balaban J connectivity index is 1.18. The molecule has 0 aliphatic carbocycles. The van der Waals surface area contributed by atoms with Crippen LogP contribution >= 0.6 is 11.8 Å². The molecule has 1 amide bonds.